The van der Waals surface area contributed by atoms with Crippen molar-refractivity contribution in [2.75, 3.05) is 0 Å². The Kier molecular flexibility index (Phi) is 12.1. The summed E-state index contributed by atoms with van der Waals surface area (Å²) >= 11 is 0. The maximum absolute atomic E-state index is 9.65. The molecule has 0 aliphatic heterocycles. The summed E-state index contributed by atoms with van der Waals surface area (Å²) in [5.41, 5.74) is 3.13. The summed E-state index contributed by atoms with van der Waals surface area (Å²) in [5, 5.41) is 19.2. The predicted molar refractivity (Wildman–Crippen MR) is 148 cm³/mol. The topological polar surface area (TPSA) is 50.9 Å². The first kappa shape index (κ1) is 27.2. The van der Waals surface area contributed by atoms with Crippen LogP contribution in [0.1, 0.15) is 115 Å². The summed E-state index contributed by atoms with van der Waals surface area (Å²) in [6.07, 6.45) is 19.8. The number of benzene rings is 2. The van der Waals surface area contributed by atoms with Gasteiger partial charge in [0.1, 0.15) is 16.8 Å². The van der Waals surface area contributed by atoms with Crippen molar-refractivity contribution in [1.82, 2.24) is 15.0 Å². The molecular formula is C31H47N3O. The molecule has 0 spiro atoms. The molecule has 1 aromatic heterocycles. The molecule has 192 valence electrons. The highest BCUT2D eigenvalue weighted by Crippen LogP contribution is 2.25. The molecule has 2 atom stereocenters. The van der Waals surface area contributed by atoms with Gasteiger partial charge in [0, 0.05) is 0 Å². The Morgan fingerprint density at radius 2 is 1.23 bits per heavy atom. The number of aromatic hydroxyl groups is 1. The standard InChI is InChI=1S/C31H47N3O/c1-3-4-5-6-7-8-9-10-11-12-16-26(2)17-15-18-28(25-27-21-23-29(35)24-22-27)34-32-30-19-13-14-20-31(30)33-34/h13-14,19-24,26,28,35H,3-12,15-18,25H2,1-2H3. The van der Waals surface area contributed by atoms with Gasteiger partial charge in [-0.05, 0) is 48.6 Å². The van der Waals surface area contributed by atoms with Crippen LogP contribution in [0.2, 0.25) is 0 Å². The second-order valence-corrected chi connectivity index (χ2v) is 10.5. The quantitative estimate of drug-likeness (QED) is 0.186. The molecule has 2 unspecified atom stereocenters. The van der Waals surface area contributed by atoms with E-state index in [9.17, 15) is 5.11 Å². The molecule has 35 heavy (non-hydrogen) atoms. The van der Waals surface area contributed by atoms with Crippen LogP contribution in [0.15, 0.2) is 48.5 Å². The van der Waals surface area contributed by atoms with Gasteiger partial charge in [-0.15, -0.1) is 0 Å². The maximum Gasteiger partial charge on any atom is 0.115 e. The van der Waals surface area contributed by atoms with E-state index < -0.39 is 0 Å². The Morgan fingerprint density at radius 3 is 1.83 bits per heavy atom. The van der Waals surface area contributed by atoms with E-state index in [2.05, 4.69) is 13.8 Å². The van der Waals surface area contributed by atoms with E-state index >= 15 is 0 Å². The summed E-state index contributed by atoms with van der Waals surface area (Å²) in [6, 6.07) is 15.9. The van der Waals surface area contributed by atoms with Crippen molar-refractivity contribution in [1.29, 1.82) is 0 Å². The van der Waals surface area contributed by atoms with Crippen molar-refractivity contribution >= 4 is 11.0 Å². The summed E-state index contributed by atoms with van der Waals surface area (Å²) in [7, 11) is 0. The Morgan fingerprint density at radius 1 is 0.686 bits per heavy atom. The van der Waals surface area contributed by atoms with Crippen LogP contribution in [0, 0.1) is 5.92 Å². The Balaban J connectivity index is 1.39. The lowest BCUT2D eigenvalue weighted by Crippen LogP contribution is -2.15. The minimum atomic E-state index is 0.233. The molecule has 4 heteroatoms. The summed E-state index contributed by atoms with van der Waals surface area (Å²) < 4.78 is 0. The average Bonchev–Trinajstić information content (AvgIpc) is 3.30. The maximum atomic E-state index is 9.65. The van der Waals surface area contributed by atoms with Crippen LogP contribution in [0.5, 0.6) is 5.75 Å². The Bertz CT molecular complexity index is 916. The molecule has 0 fully saturated rings. The van der Waals surface area contributed by atoms with Crippen molar-refractivity contribution in [3.8, 4) is 5.75 Å². The zero-order valence-corrected chi connectivity index (χ0v) is 22.2. The Labute approximate surface area is 213 Å². The van der Waals surface area contributed by atoms with Gasteiger partial charge in [0.15, 0.2) is 0 Å². The van der Waals surface area contributed by atoms with Crippen molar-refractivity contribution in [2.24, 2.45) is 5.92 Å². The van der Waals surface area contributed by atoms with Gasteiger partial charge in [-0.3, -0.25) is 0 Å². The van der Waals surface area contributed by atoms with Gasteiger partial charge in [-0.1, -0.05) is 122 Å². The number of fused-ring (bicyclic) bond motifs is 1. The average molecular weight is 478 g/mol. The molecule has 3 aromatic rings. The number of hydrogen-bond acceptors (Lipinski definition) is 3. The van der Waals surface area contributed by atoms with Crippen LogP contribution < -0.4 is 0 Å². The van der Waals surface area contributed by atoms with E-state index in [4.69, 9.17) is 10.2 Å². The number of unbranched alkanes of at least 4 members (excludes halogenated alkanes) is 9. The van der Waals surface area contributed by atoms with E-state index in [1.165, 1.54) is 89.0 Å². The highest BCUT2D eigenvalue weighted by Gasteiger charge is 2.16. The minimum Gasteiger partial charge on any atom is -0.508 e. The molecule has 0 radical (unpaired) electrons. The first-order valence-corrected chi connectivity index (χ1v) is 14.2. The molecule has 0 saturated heterocycles. The van der Waals surface area contributed by atoms with E-state index in [0.717, 1.165) is 29.8 Å². The van der Waals surface area contributed by atoms with E-state index in [-0.39, 0.29) is 6.04 Å². The van der Waals surface area contributed by atoms with Gasteiger partial charge < -0.3 is 5.11 Å². The second kappa shape index (κ2) is 15.6. The molecule has 0 amide bonds. The van der Waals surface area contributed by atoms with Crippen LogP contribution in [0.3, 0.4) is 0 Å². The van der Waals surface area contributed by atoms with Crippen LogP contribution in [-0.4, -0.2) is 20.1 Å². The number of aromatic nitrogens is 3. The number of phenols is 1. The zero-order valence-electron chi connectivity index (χ0n) is 22.2. The van der Waals surface area contributed by atoms with Gasteiger partial charge in [0.2, 0.25) is 0 Å². The van der Waals surface area contributed by atoms with Gasteiger partial charge in [0.25, 0.3) is 0 Å². The lowest BCUT2D eigenvalue weighted by molar-refractivity contribution is 0.348. The third-order valence-corrected chi connectivity index (χ3v) is 7.32. The summed E-state index contributed by atoms with van der Waals surface area (Å²) in [4.78, 5) is 1.93. The van der Waals surface area contributed by atoms with Crippen LogP contribution in [0.4, 0.5) is 0 Å². The predicted octanol–water partition coefficient (Wildman–Crippen LogP) is 9.04. The van der Waals surface area contributed by atoms with Gasteiger partial charge in [-0.2, -0.15) is 15.0 Å². The number of rotatable bonds is 18. The van der Waals surface area contributed by atoms with E-state index in [0.29, 0.717) is 5.75 Å². The highest BCUT2D eigenvalue weighted by molar-refractivity contribution is 5.73. The zero-order chi connectivity index (χ0) is 24.7. The summed E-state index contributed by atoms with van der Waals surface area (Å²) in [5.74, 6) is 1.09. The second-order valence-electron chi connectivity index (χ2n) is 10.5. The van der Waals surface area contributed by atoms with Crippen LogP contribution in [0.25, 0.3) is 11.0 Å². The molecule has 0 saturated carbocycles. The van der Waals surface area contributed by atoms with Crippen LogP contribution in [-0.2, 0) is 6.42 Å². The van der Waals surface area contributed by atoms with Crippen LogP contribution >= 0.6 is 0 Å². The fourth-order valence-electron chi connectivity index (χ4n) is 5.07. The van der Waals surface area contributed by atoms with E-state index in [1.54, 1.807) is 12.1 Å². The lowest BCUT2D eigenvalue weighted by atomic mass is 9.94. The number of hydrogen-bond donors (Lipinski definition) is 1. The van der Waals surface area contributed by atoms with Crippen molar-refractivity contribution in [2.45, 2.75) is 116 Å². The molecule has 2 aromatic carbocycles. The van der Waals surface area contributed by atoms with Crippen molar-refractivity contribution < 1.29 is 5.11 Å². The van der Waals surface area contributed by atoms with Crippen molar-refractivity contribution in [3.63, 3.8) is 0 Å². The minimum absolute atomic E-state index is 0.233. The van der Waals surface area contributed by atoms with Crippen molar-refractivity contribution in [3.05, 3.63) is 54.1 Å². The smallest absolute Gasteiger partial charge is 0.115 e. The lowest BCUT2D eigenvalue weighted by Gasteiger charge is -2.18. The van der Waals surface area contributed by atoms with Gasteiger partial charge in [-0.25, -0.2) is 0 Å². The third-order valence-electron chi connectivity index (χ3n) is 7.32. The van der Waals surface area contributed by atoms with Gasteiger partial charge >= 0.3 is 0 Å². The largest absolute Gasteiger partial charge is 0.508 e. The molecule has 3 rings (SSSR count). The normalized spacial score (nSPS) is 13.3. The SMILES string of the molecule is CCCCCCCCCCCCC(C)CCCC(Cc1ccc(O)cc1)n1nc2ccccc2n1. The number of nitrogens with zero attached hydrogens (tertiary/aromatic N) is 3. The Hall–Kier alpha value is -2.36. The monoisotopic (exact) mass is 477 g/mol. The first-order chi connectivity index (χ1) is 17.2. The highest BCUT2D eigenvalue weighted by atomic mass is 16.3. The summed E-state index contributed by atoms with van der Waals surface area (Å²) in [6.45, 7) is 4.71. The molecular weight excluding hydrogens is 430 g/mol. The fraction of sp³-hybridized carbons (Fsp3) is 0.613. The molecule has 1 heterocycles. The molecule has 0 aliphatic carbocycles. The third kappa shape index (κ3) is 10.0. The molecule has 0 aliphatic rings. The van der Waals surface area contributed by atoms with E-state index in [1.807, 2.05) is 41.2 Å². The first-order valence-electron chi connectivity index (χ1n) is 14.2. The molecule has 1 N–H and O–H groups in total. The molecule has 4 nitrogen and oxygen atoms in total. The fourth-order valence-corrected chi connectivity index (χ4v) is 5.07. The van der Waals surface area contributed by atoms with Gasteiger partial charge in [0.05, 0.1) is 6.04 Å². The number of phenolic OH excluding ortho intramolecular Hbond substituents is 1. The molecule has 0 bridgehead atoms.